The predicted molar refractivity (Wildman–Crippen MR) is 48.0 cm³/mol. The SMILES string of the molecule is CC(C)(C)NC(=O)Cc1c[nH]nn1. The molecule has 5 nitrogen and oxygen atoms in total. The summed E-state index contributed by atoms with van der Waals surface area (Å²) >= 11 is 0. The van der Waals surface area contributed by atoms with E-state index in [4.69, 9.17) is 0 Å². The number of aromatic amines is 1. The average molecular weight is 182 g/mol. The lowest BCUT2D eigenvalue weighted by atomic mass is 10.1. The van der Waals surface area contributed by atoms with Gasteiger partial charge in [0, 0.05) is 11.7 Å². The van der Waals surface area contributed by atoms with Gasteiger partial charge in [0.25, 0.3) is 0 Å². The molecule has 0 aliphatic carbocycles. The molecule has 1 aromatic heterocycles. The van der Waals surface area contributed by atoms with Crippen LogP contribution in [-0.2, 0) is 11.2 Å². The van der Waals surface area contributed by atoms with Crippen LogP contribution in [0.3, 0.4) is 0 Å². The van der Waals surface area contributed by atoms with E-state index in [0.29, 0.717) is 5.69 Å². The largest absolute Gasteiger partial charge is 0.351 e. The molecule has 0 atom stereocenters. The first-order valence-corrected chi connectivity index (χ1v) is 4.14. The van der Waals surface area contributed by atoms with E-state index >= 15 is 0 Å². The van der Waals surface area contributed by atoms with E-state index in [1.807, 2.05) is 20.8 Å². The van der Waals surface area contributed by atoms with Gasteiger partial charge in [-0.05, 0) is 20.8 Å². The number of H-pyrrole nitrogens is 1. The molecule has 0 aliphatic heterocycles. The number of amides is 1. The molecular formula is C8H14N4O. The van der Waals surface area contributed by atoms with Gasteiger partial charge in [0.2, 0.25) is 5.91 Å². The normalized spacial score (nSPS) is 11.3. The molecule has 0 unspecified atom stereocenters. The second kappa shape index (κ2) is 3.55. The Hall–Kier alpha value is -1.39. The zero-order chi connectivity index (χ0) is 9.90. The van der Waals surface area contributed by atoms with Crippen molar-refractivity contribution in [3.05, 3.63) is 11.9 Å². The van der Waals surface area contributed by atoms with E-state index in [1.165, 1.54) is 0 Å². The van der Waals surface area contributed by atoms with Crippen molar-refractivity contribution in [1.29, 1.82) is 0 Å². The summed E-state index contributed by atoms with van der Waals surface area (Å²) in [6, 6.07) is 0. The van der Waals surface area contributed by atoms with E-state index in [1.54, 1.807) is 6.20 Å². The maximum absolute atomic E-state index is 11.3. The molecule has 5 heteroatoms. The van der Waals surface area contributed by atoms with E-state index < -0.39 is 0 Å². The minimum Gasteiger partial charge on any atom is -0.351 e. The Bertz CT molecular complexity index is 273. The number of carbonyl (C=O) groups is 1. The molecule has 13 heavy (non-hydrogen) atoms. The molecule has 0 aromatic carbocycles. The van der Waals surface area contributed by atoms with Gasteiger partial charge in [-0.25, -0.2) is 0 Å². The van der Waals surface area contributed by atoms with E-state index in [-0.39, 0.29) is 17.9 Å². The quantitative estimate of drug-likeness (QED) is 0.689. The van der Waals surface area contributed by atoms with Crippen molar-refractivity contribution in [2.45, 2.75) is 32.7 Å². The number of hydrogen-bond donors (Lipinski definition) is 2. The van der Waals surface area contributed by atoms with Crippen LogP contribution in [0.4, 0.5) is 0 Å². The van der Waals surface area contributed by atoms with Crippen LogP contribution < -0.4 is 5.32 Å². The number of nitrogens with zero attached hydrogens (tertiary/aromatic N) is 2. The summed E-state index contributed by atoms with van der Waals surface area (Å²) in [5.41, 5.74) is 0.461. The van der Waals surface area contributed by atoms with Gasteiger partial charge in [0.15, 0.2) is 0 Å². The molecule has 1 heterocycles. The highest BCUT2D eigenvalue weighted by molar-refractivity contribution is 5.78. The lowest BCUT2D eigenvalue weighted by molar-refractivity contribution is -0.121. The van der Waals surface area contributed by atoms with Crippen LogP contribution in [0.1, 0.15) is 26.5 Å². The first-order valence-electron chi connectivity index (χ1n) is 4.14. The van der Waals surface area contributed by atoms with Gasteiger partial charge in [0.1, 0.15) is 0 Å². The van der Waals surface area contributed by atoms with Crippen LogP contribution in [-0.4, -0.2) is 26.9 Å². The number of hydrogen-bond acceptors (Lipinski definition) is 3. The maximum atomic E-state index is 11.3. The Kier molecular flexibility index (Phi) is 2.65. The van der Waals surface area contributed by atoms with Crippen LogP contribution in [0.15, 0.2) is 6.20 Å². The number of rotatable bonds is 2. The van der Waals surface area contributed by atoms with Crippen LogP contribution in [0.25, 0.3) is 0 Å². The number of aromatic nitrogens is 3. The fourth-order valence-corrected chi connectivity index (χ4v) is 0.939. The van der Waals surface area contributed by atoms with Crippen molar-refractivity contribution in [2.75, 3.05) is 0 Å². The Labute approximate surface area is 76.9 Å². The van der Waals surface area contributed by atoms with Gasteiger partial charge >= 0.3 is 0 Å². The molecule has 0 saturated heterocycles. The predicted octanol–water partition coefficient (Wildman–Crippen LogP) is 0.262. The van der Waals surface area contributed by atoms with Crippen molar-refractivity contribution in [1.82, 2.24) is 20.7 Å². The minimum absolute atomic E-state index is 0.0404. The number of nitrogens with one attached hydrogen (secondary N) is 2. The van der Waals surface area contributed by atoms with Crippen molar-refractivity contribution in [3.8, 4) is 0 Å². The maximum Gasteiger partial charge on any atom is 0.226 e. The lowest BCUT2D eigenvalue weighted by Crippen LogP contribution is -2.41. The fourth-order valence-electron chi connectivity index (χ4n) is 0.939. The van der Waals surface area contributed by atoms with Gasteiger partial charge in [-0.2, -0.15) is 0 Å². The third-order valence-electron chi connectivity index (χ3n) is 1.32. The molecular weight excluding hydrogens is 168 g/mol. The van der Waals surface area contributed by atoms with Crippen LogP contribution >= 0.6 is 0 Å². The molecule has 0 saturated carbocycles. The highest BCUT2D eigenvalue weighted by atomic mass is 16.1. The molecule has 0 radical (unpaired) electrons. The Morgan fingerprint density at radius 1 is 1.62 bits per heavy atom. The van der Waals surface area contributed by atoms with E-state index in [0.717, 1.165) is 0 Å². The summed E-state index contributed by atoms with van der Waals surface area (Å²) in [6.45, 7) is 5.81. The summed E-state index contributed by atoms with van der Waals surface area (Å²) in [5, 5.41) is 12.6. The summed E-state index contributed by atoms with van der Waals surface area (Å²) in [4.78, 5) is 11.3. The number of carbonyl (C=O) groups excluding carboxylic acids is 1. The van der Waals surface area contributed by atoms with Gasteiger partial charge in [-0.1, -0.05) is 5.21 Å². The first-order chi connectivity index (χ1) is 5.97. The first kappa shape index (κ1) is 9.70. The highest BCUT2D eigenvalue weighted by Gasteiger charge is 2.14. The fraction of sp³-hybridized carbons (Fsp3) is 0.625. The molecule has 0 aliphatic rings. The second-order valence-electron chi connectivity index (χ2n) is 3.94. The monoisotopic (exact) mass is 182 g/mol. The van der Waals surface area contributed by atoms with Crippen molar-refractivity contribution in [3.63, 3.8) is 0 Å². The smallest absolute Gasteiger partial charge is 0.226 e. The van der Waals surface area contributed by atoms with Gasteiger partial charge in [-0.3, -0.25) is 9.89 Å². The molecule has 1 rings (SSSR count). The molecule has 2 N–H and O–H groups in total. The van der Waals surface area contributed by atoms with Gasteiger partial charge < -0.3 is 5.32 Å². The third kappa shape index (κ3) is 3.68. The lowest BCUT2D eigenvalue weighted by Gasteiger charge is -2.19. The van der Waals surface area contributed by atoms with E-state index in [2.05, 4.69) is 20.7 Å². The van der Waals surface area contributed by atoms with Gasteiger partial charge in [0.05, 0.1) is 12.1 Å². The topological polar surface area (TPSA) is 70.7 Å². The van der Waals surface area contributed by atoms with E-state index in [9.17, 15) is 4.79 Å². The Morgan fingerprint density at radius 2 is 2.31 bits per heavy atom. The Balaban J connectivity index is 2.43. The summed E-state index contributed by atoms with van der Waals surface area (Å²) < 4.78 is 0. The standard InChI is InChI=1S/C8H14N4O/c1-8(2,3)10-7(13)4-6-5-9-12-11-6/h5H,4H2,1-3H3,(H,10,13)(H,9,11,12). The van der Waals surface area contributed by atoms with Crippen molar-refractivity contribution < 1.29 is 4.79 Å². The molecule has 1 amide bonds. The Morgan fingerprint density at radius 3 is 2.77 bits per heavy atom. The van der Waals surface area contributed by atoms with Crippen LogP contribution in [0, 0.1) is 0 Å². The molecule has 1 aromatic rings. The van der Waals surface area contributed by atoms with Crippen molar-refractivity contribution >= 4 is 5.91 Å². The molecule has 72 valence electrons. The van der Waals surface area contributed by atoms with Crippen LogP contribution in [0.2, 0.25) is 0 Å². The van der Waals surface area contributed by atoms with Crippen LogP contribution in [0.5, 0.6) is 0 Å². The highest BCUT2D eigenvalue weighted by Crippen LogP contribution is 1.99. The zero-order valence-corrected chi connectivity index (χ0v) is 8.09. The molecule has 0 fully saturated rings. The second-order valence-corrected chi connectivity index (χ2v) is 3.94. The van der Waals surface area contributed by atoms with Gasteiger partial charge in [-0.15, -0.1) is 5.10 Å². The summed E-state index contributed by atoms with van der Waals surface area (Å²) in [5.74, 6) is -0.0404. The average Bonchev–Trinajstić information content (AvgIpc) is 2.34. The molecule has 0 bridgehead atoms. The van der Waals surface area contributed by atoms with Crippen molar-refractivity contribution in [2.24, 2.45) is 0 Å². The summed E-state index contributed by atoms with van der Waals surface area (Å²) in [7, 11) is 0. The third-order valence-corrected chi connectivity index (χ3v) is 1.32. The molecule has 0 spiro atoms. The zero-order valence-electron chi connectivity index (χ0n) is 8.09. The summed E-state index contributed by atoms with van der Waals surface area (Å²) in [6.07, 6.45) is 1.88. The minimum atomic E-state index is -0.194.